The number of aryl methyl sites for hydroxylation is 2. The third kappa shape index (κ3) is 3.50. The van der Waals surface area contributed by atoms with Gasteiger partial charge in [-0.05, 0) is 38.4 Å². The second-order valence-corrected chi connectivity index (χ2v) is 5.92. The molecule has 1 aromatic heterocycles. The summed E-state index contributed by atoms with van der Waals surface area (Å²) in [6.07, 6.45) is 7.83. The van der Waals surface area contributed by atoms with Crippen LogP contribution in [0.25, 0.3) is 0 Å². The SMILES string of the molecule is CN1CCCCC[C@@H]1c1ncnn1CCc1ccccc1. The molecule has 0 bridgehead atoms. The average molecular weight is 284 g/mol. The van der Waals surface area contributed by atoms with Crippen molar-refractivity contribution in [3.8, 4) is 0 Å². The van der Waals surface area contributed by atoms with Crippen LogP contribution in [0.2, 0.25) is 0 Å². The monoisotopic (exact) mass is 284 g/mol. The van der Waals surface area contributed by atoms with Crippen molar-refractivity contribution in [1.29, 1.82) is 0 Å². The van der Waals surface area contributed by atoms with Crippen LogP contribution in [0.5, 0.6) is 0 Å². The largest absolute Gasteiger partial charge is 0.297 e. The predicted molar refractivity (Wildman–Crippen MR) is 84.0 cm³/mol. The van der Waals surface area contributed by atoms with Crippen LogP contribution in [0.15, 0.2) is 36.7 Å². The van der Waals surface area contributed by atoms with Gasteiger partial charge in [-0.1, -0.05) is 43.2 Å². The van der Waals surface area contributed by atoms with E-state index < -0.39 is 0 Å². The molecule has 0 saturated carbocycles. The van der Waals surface area contributed by atoms with Crippen LogP contribution in [0.3, 0.4) is 0 Å². The molecular weight excluding hydrogens is 260 g/mol. The zero-order chi connectivity index (χ0) is 14.5. The number of hydrogen-bond acceptors (Lipinski definition) is 3. The molecule has 4 heteroatoms. The third-order valence-electron chi connectivity index (χ3n) is 4.42. The minimum atomic E-state index is 0.422. The molecule has 1 aliphatic rings. The van der Waals surface area contributed by atoms with Gasteiger partial charge in [-0.2, -0.15) is 5.10 Å². The van der Waals surface area contributed by atoms with E-state index in [1.165, 1.54) is 31.2 Å². The molecule has 0 N–H and O–H groups in total. The van der Waals surface area contributed by atoms with Crippen molar-refractivity contribution in [1.82, 2.24) is 19.7 Å². The summed E-state index contributed by atoms with van der Waals surface area (Å²) >= 11 is 0. The summed E-state index contributed by atoms with van der Waals surface area (Å²) in [6, 6.07) is 11.0. The molecule has 0 unspecified atom stereocenters. The van der Waals surface area contributed by atoms with E-state index in [2.05, 4.69) is 57.0 Å². The molecule has 1 saturated heterocycles. The van der Waals surface area contributed by atoms with Gasteiger partial charge in [0.1, 0.15) is 12.2 Å². The summed E-state index contributed by atoms with van der Waals surface area (Å²) in [5.74, 6) is 1.13. The molecule has 3 rings (SSSR count). The summed E-state index contributed by atoms with van der Waals surface area (Å²) in [4.78, 5) is 6.99. The van der Waals surface area contributed by atoms with Gasteiger partial charge < -0.3 is 0 Å². The van der Waals surface area contributed by atoms with Crippen LogP contribution in [0, 0.1) is 0 Å². The van der Waals surface area contributed by atoms with Gasteiger partial charge in [-0.25, -0.2) is 9.67 Å². The lowest BCUT2D eigenvalue weighted by atomic mass is 10.1. The highest BCUT2D eigenvalue weighted by atomic mass is 15.4. The zero-order valence-electron chi connectivity index (χ0n) is 12.8. The molecule has 112 valence electrons. The first-order valence-electron chi connectivity index (χ1n) is 7.96. The Kier molecular flexibility index (Phi) is 4.65. The number of hydrogen-bond donors (Lipinski definition) is 0. The van der Waals surface area contributed by atoms with Crippen molar-refractivity contribution in [3.05, 3.63) is 48.0 Å². The van der Waals surface area contributed by atoms with Crippen LogP contribution < -0.4 is 0 Å². The molecule has 4 nitrogen and oxygen atoms in total. The molecule has 0 aliphatic carbocycles. The summed E-state index contributed by atoms with van der Waals surface area (Å²) < 4.78 is 2.10. The Morgan fingerprint density at radius 3 is 2.86 bits per heavy atom. The van der Waals surface area contributed by atoms with E-state index in [0.29, 0.717) is 6.04 Å². The Labute approximate surface area is 126 Å². The van der Waals surface area contributed by atoms with E-state index in [1.54, 1.807) is 6.33 Å². The molecule has 1 atom stereocenters. The van der Waals surface area contributed by atoms with E-state index in [4.69, 9.17) is 0 Å². The molecule has 1 aliphatic heterocycles. The van der Waals surface area contributed by atoms with Crippen molar-refractivity contribution < 1.29 is 0 Å². The van der Waals surface area contributed by atoms with Crippen molar-refractivity contribution in [2.24, 2.45) is 0 Å². The van der Waals surface area contributed by atoms with Gasteiger partial charge in [0, 0.05) is 6.54 Å². The van der Waals surface area contributed by atoms with E-state index in [9.17, 15) is 0 Å². The van der Waals surface area contributed by atoms with Gasteiger partial charge >= 0.3 is 0 Å². The molecule has 0 radical (unpaired) electrons. The minimum absolute atomic E-state index is 0.422. The molecule has 1 fully saturated rings. The number of nitrogens with zero attached hydrogens (tertiary/aromatic N) is 4. The first-order valence-corrected chi connectivity index (χ1v) is 7.96. The van der Waals surface area contributed by atoms with E-state index >= 15 is 0 Å². The van der Waals surface area contributed by atoms with Crippen LogP contribution in [-0.4, -0.2) is 33.3 Å². The maximum Gasteiger partial charge on any atom is 0.144 e. The minimum Gasteiger partial charge on any atom is -0.297 e. The van der Waals surface area contributed by atoms with Crippen molar-refractivity contribution in [2.75, 3.05) is 13.6 Å². The molecule has 1 aromatic carbocycles. The van der Waals surface area contributed by atoms with Crippen LogP contribution >= 0.6 is 0 Å². The second kappa shape index (κ2) is 6.85. The van der Waals surface area contributed by atoms with Gasteiger partial charge in [0.25, 0.3) is 0 Å². The van der Waals surface area contributed by atoms with Gasteiger partial charge in [0.15, 0.2) is 0 Å². The highest BCUT2D eigenvalue weighted by Gasteiger charge is 2.23. The molecule has 21 heavy (non-hydrogen) atoms. The quantitative estimate of drug-likeness (QED) is 0.865. The topological polar surface area (TPSA) is 34.0 Å². The van der Waals surface area contributed by atoms with E-state index in [-0.39, 0.29) is 0 Å². The lowest BCUT2D eigenvalue weighted by molar-refractivity contribution is 0.232. The molecular formula is C17H24N4. The highest BCUT2D eigenvalue weighted by Crippen LogP contribution is 2.27. The van der Waals surface area contributed by atoms with Crippen LogP contribution in [-0.2, 0) is 13.0 Å². The van der Waals surface area contributed by atoms with Gasteiger partial charge in [0.05, 0.1) is 6.04 Å². The fourth-order valence-corrected chi connectivity index (χ4v) is 3.16. The maximum absolute atomic E-state index is 4.55. The normalized spacial score (nSPS) is 20.3. The Bertz CT molecular complexity index is 549. The summed E-state index contributed by atoms with van der Waals surface area (Å²) in [7, 11) is 2.21. The Balaban J connectivity index is 1.71. The number of likely N-dealkylation sites (tertiary alicyclic amines) is 1. The van der Waals surface area contributed by atoms with Gasteiger partial charge in [-0.15, -0.1) is 0 Å². The molecule has 0 amide bonds. The van der Waals surface area contributed by atoms with Crippen molar-refractivity contribution >= 4 is 0 Å². The summed E-state index contributed by atoms with van der Waals surface area (Å²) in [5.41, 5.74) is 1.35. The van der Waals surface area contributed by atoms with Crippen molar-refractivity contribution in [3.63, 3.8) is 0 Å². The molecule has 2 heterocycles. The number of aromatic nitrogens is 3. The Hall–Kier alpha value is -1.68. The van der Waals surface area contributed by atoms with Crippen LogP contribution in [0.1, 0.15) is 43.1 Å². The van der Waals surface area contributed by atoms with E-state index in [0.717, 1.165) is 25.3 Å². The molecule has 0 spiro atoms. The maximum atomic E-state index is 4.55. The van der Waals surface area contributed by atoms with Crippen molar-refractivity contribution in [2.45, 2.75) is 44.7 Å². The second-order valence-electron chi connectivity index (χ2n) is 5.92. The lowest BCUT2D eigenvalue weighted by Crippen LogP contribution is -2.27. The lowest BCUT2D eigenvalue weighted by Gasteiger charge is -2.25. The summed E-state index contributed by atoms with van der Waals surface area (Å²) in [5, 5.41) is 4.45. The number of benzene rings is 1. The fourth-order valence-electron chi connectivity index (χ4n) is 3.16. The Morgan fingerprint density at radius 1 is 1.14 bits per heavy atom. The van der Waals surface area contributed by atoms with Gasteiger partial charge in [0.2, 0.25) is 0 Å². The smallest absolute Gasteiger partial charge is 0.144 e. The van der Waals surface area contributed by atoms with Gasteiger partial charge in [-0.3, -0.25) is 4.90 Å². The number of rotatable bonds is 4. The zero-order valence-corrected chi connectivity index (χ0v) is 12.8. The highest BCUT2D eigenvalue weighted by molar-refractivity contribution is 5.14. The first kappa shape index (κ1) is 14.3. The fraction of sp³-hybridized carbons (Fsp3) is 0.529. The first-order chi connectivity index (χ1) is 10.3. The van der Waals surface area contributed by atoms with Crippen LogP contribution in [0.4, 0.5) is 0 Å². The predicted octanol–water partition coefficient (Wildman–Crippen LogP) is 3.07. The average Bonchev–Trinajstić information content (AvgIpc) is 2.87. The Morgan fingerprint density at radius 2 is 2.00 bits per heavy atom. The summed E-state index contributed by atoms with van der Waals surface area (Å²) in [6.45, 7) is 2.07. The van der Waals surface area contributed by atoms with E-state index in [1.807, 2.05) is 0 Å². The molecule has 2 aromatic rings. The standard InChI is InChI=1S/C17H24N4/c1-20-12-7-3-6-10-16(20)17-18-14-19-21(17)13-11-15-8-4-2-5-9-15/h2,4-5,8-9,14,16H,3,6-7,10-13H2,1H3/t16-/m1/s1. The third-order valence-corrected chi connectivity index (χ3v) is 4.42.